The predicted octanol–water partition coefficient (Wildman–Crippen LogP) is 3.39. The molecule has 0 spiro atoms. The summed E-state index contributed by atoms with van der Waals surface area (Å²) >= 11 is 0. The molecule has 5 heteroatoms. The number of halogens is 1. The summed E-state index contributed by atoms with van der Waals surface area (Å²) < 4.78 is 13.9. The minimum Gasteiger partial charge on any atom is -0.478 e. The molecule has 0 aromatic heterocycles. The number of aromatic carboxylic acids is 1. The van der Waals surface area contributed by atoms with E-state index in [1.807, 2.05) is 0 Å². The second kappa shape index (κ2) is 5.75. The fourth-order valence-corrected chi connectivity index (χ4v) is 2.07. The molecule has 0 saturated heterocycles. The molecule has 2 aromatic rings. The first-order valence-corrected chi connectivity index (χ1v) is 6.31. The normalized spacial score (nSPS) is 10.2. The van der Waals surface area contributed by atoms with Gasteiger partial charge in [-0.3, -0.25) is 4.79 Å². The number of anilines is 1. The number of rotatable bonds is 3. The number of hydrogen-bond donors (Lipinski definition) is 2. The Balaban J connectivity index is 2.39. The highest BCUT2D eigenvalue weighted by Gasteiger charge is 2.18. The third-order valence-electron chi connectivity index (χ3n) is 3.17. The number of carbonyl (C=O) groups excluding carboxylic acids is 1. The fraction of sp³-hybridized carbons (Fsp3) is 0.125. The van der Waals surface area contributed by atoms with Crippen LogP contribution in [0.1, 0.15) is 31.8 Å². The van der Waals surface area contributed by atoms with E-state index in [2.05, 4.69) is 5.32 Å². The van der Waals surface area contributed by atoms with Crippen LogP contribution in [0.3, 0.4) is 0 Å². The van der Waals surface area contributed by atoms with Gasteiger partial charge in [-0.25, -0.2) is 9.18 Å². The summed E-state index contributed by atoms with van der Waals surface area (Å²) in [7, 11) is 0. The number of carboxylic acids is 1. The Kier molecular flexibility index (Phi) is 4.03. The zero-order valence-electron chi connectivity index (χ0n) is 11.6. The summed E-state index contributed by atoms with van der Waals surface area (Å²) in [6, 6.07) is 9.22. The lowest BCUT2D eigenvalue weighted by atomic mass is 10.1. The third kappa shape index (κ3) is 2.91. The molecule has 4 nitrogen and oxygen atoms in total. The van der Waals surface area contributed by atoms with Gasteiger partial charge in [-0.15, -0.1) is 0 Å². The highest BCUT2D eigenvalue weighted by atomic mass is 19.1. The van der Waals surface area contributed by atoms with Crippen molar-refractivity contribution in [2.45, 2.75) is 13.8 Å². The smallest absolute Gasteiger partial charge is 0.338 e. The summed E-state index contributed by atoms with van der Waals surface area (Å²) in [4.78, 5) is 23.4. The Morgan fingerprint density at radius 1 is 1.05 bits per heavy atom. The molecule has 0 unspecified atom stereocenters. The monoisotopic (exact) mass is 287 g/mol. The molecule has 21 heavy (non-hydrogen) atoms. The Labute approximate surface area is 121 Å². The van der Waals surface area contributed by atoms with E-state index in [-0.39, 0.29) is 16.8 Å². The Bertz CT molecular complexity index is 725. The topological polar surface area (TPSA) is 66.4 Å². The van der Waals surface area contributed by atoms with E-state index in [0.29, 0.717) is 11.1 Å². The van der Waals surface area contributed by atoms with Crippen molar-refractivity contribution in [2.24, 2.45) is 0 Å². The fourth-order valence-electron chi connectivity index (χ4n) is 2.07. The maximum Gasteiger partial charge on any atom is 0.338 e. The summed E-state index contributed by atoms with van der Waals surface area (Å²) in [5.41, 5.74) is 0.899. The third-order valence-corrected chi connectivity index (χ3v) is 3.17. The van der Waals surface area contributed by atoms with Crippen molar-refractivity contribution >= 4 is 17.6 Å². The molecule has 0 atom stereocenters. The molecule has 0 aliphatic heterocycles. The Morgan fingerprint density at radius 3 is 2.33 bits per heavy atom. The molecule has 0 fully saturated rings. The van der Waals surface area contributed by atoms with Gasteiger partial charge in [0, 0.05) is 0 Å². The van der Waals surface area contributed by atoms with Crippen LogP contribution >= 0.6 is 0 Å². The molecule has 0 aliphatic carbocycles. The first-order valence-electron chi connectivity index (χ1n) is 6.31. The lowest BCUT2D eigenvalue weighted by Crippen LogP contribution is -2.17. The summed E-state index contributed by atoms with van der Waals surface area (Å²) in [6.07, 6.45) is 0. The van der Waals surface area contributed by atoms with Crippen LogP contribution in [0.5, 0.6) is 0 Å². The molecule has 2 aromatic carbocycles. The van der Waals surface area contributed by atoms with Crippen LogP contribution in [0.15, 0.2) is 36.4 Å². The number of carboxylic acid groups (broad SMARTS) is 1. The number of aryl methyl sites for hydroxylation is 2. The molecule has 2 N–H and O–H groups in total. The van der Waals surface area contributed by atoms with Crippen molar-refractivity contribution in [1.82, 2.24) is 0 Å². The van der Waals surface area contributed by atoms with E-state index in [1.54, 1.807) is 38.1 Å². The zero-order valence-corrected chi connectivity index (χ0v) is 11.6. The van der Waals surface area contributed by atoms with E-state index in [9.17, 15) is 19.1 Å². The SMILES string of the molecule is Cc1cccc(C(=O)Nc2cccc(C)c2C(=O)O)c1F. The first-order chi connectivity index (χ1) is 9.91. The van der Waals surface area contributed by atoms with Crippen molar-refractivity contribution < 1.29 is 19.1 Å². The van der Waals surface area contributed by atoms with Gasteiger partial charge in [0.2, 0.25) is 0 Å². The Morgan fingerprint density at radius 2 is 1.67 bits per heavy atom. The second-order valence-electron chi connectivity index (χ2n) is 4.69. The number of benzene rings is 2. The van der Waals surface area contributed by atoms with E-state index < -0.39 is 17.7 Å². The number of amides is 1. The zero-order chi connectivity index (χ0) is 15.6. The van der Waals surface area contributed by atoms with Crippen molar-refractivity contribution in [3.8, 4) is 0 Å². The van der Waals surface area contributed by atoms with Gasteiger partial charge < -0.3 is 10.4 Å². The minimum absolute atomic E-state index is 0.00101. The molecule has 0 saturated carbocycles. The molecular formula is C16H14FNO3. The molecule has 2 rings (SSSR count). The summed E-state index contributed by atoms with van der Waals surface area (Å²) in [5.74, 6) is -2.43. The van der Waals surface area contributed by atoms with Gasteiger partial charge in [0.25, 0.3) is 5.91 Å². The quantitative estimate of drug-likeness (QED) is 0.909. The van der Waals surface area contributed by atoms with Gasteiger partial charge >= 0.3 is 5.97 Å². The lowest BCUT2D eigenvalue weighted by Gasteiger charge is -2.11. The van der Waals surface area contributed by atoms with E-state index in [0.717, 1.165) is 0 Å². The standard InChI is InChI=1S/C16H14FNO3/c1-9-5-4-8-12(13(9)16(20)21)18-15(19)11-7-3-6-10(2)14(11)17/h3-8H,1-2H3,(H,18,19)(H,20,21). The van der Waals surface area contributed by atoms with Gasteiger partial charge in [0.1, 0.15) is 5.82 Å². The van der Waals surface area contributed by atoms with Crippen LogP contribution in [-0.4, -0.2) is 17.0 Å². The lowest BCUT2D eigenvalue weighted by molar-refractivity contribution is 0.0697. The van der Waals surface area contributed by atoms with Crippen LogP contribution in [0, 0.1) is 19.7 Å². The van der Waals surface area contributed by atoms with Crippen molar-refractivity contribution in [3.63, 3.8) is 0 Å². The molecule has 1 amide bonds. The van der Waals surface area contributed by atoms with Gasteiger partial charge in [-0.2, -0.15) is 0 Å². The largest absolute Gasteiger partial charge is 0.478 e. The van der Waals surface area contributed by atoms with Crippen LogP contribution in [-0.2, 0) is 0 Å². The molecule has 0 aliphatic rings. The predicted molar refractivity (Wildman–Crippen MR) is 77.2 cm³/mol. The molecule has 0 bridgehead atoms. The average Bonchev–Trinajstić information content (AvgIpc) is 2.41. The summed E-state index contributed by atoms with van der Waals surface area (Å²) in [5, 5.41) is 11.7. The molecule has 0 heterocycles. The first kappa shape index (κ1) is 14.7. The van der Waals surface area contributed by atoms with Crippen LogP contribution in [0.4, 0.5) is 10.1 Å². The second-order valence-corrected chi connectivity index (χ2v) is 4.69. The van der Waals surface area contributed by atoms with Gasteiger partial charge in [0.05, 0.1) is 16.8 Å². The maximum absolute atomic E-state index is 13.9. The highest BCUT2D eigenvalue weighted by Crippen LogP contribution is 2.21. The molecular weight excluding hydrogens is 273 g/mol. The van der Waals surface area contributed by atoms with Crippen LogP contribution in [0.2, 0.25) is 0 Å². The van der Waals surface area contributed by atoms with Gasteiger partial charge in [0.15, 0.2) is 0 Å². The van der Waals surface area contributed by atoms with Gasteiger partial charge in [-0.1, -0.05) is 24.3 Å². The molecule has 108 valence electrons. The van der Waals surface area contributed by atoms with E-state index >= 15 is 0 Å². The van der Waals surface area contributed by atoms with Gasteiger partial charge in [-0.05, 0) is 37.1 Å². The van der Waals surface area contributed by atoms with Crippen molar-refractivity contribution in [1.29, 1.82) is 0 Å². The van der Waals surface area contributed by atoms with Crippen LogP contribution in [0.25, 0.3) is 0 Å². The van der Waals surface area contributed by atoms with E-state index in [1.165, 1.54) is 12.1 Å². The number of hydrogen-bond acceptors (Lipinski definition) is 2. The molecule has 0 radical (unpaired) electrons. The highest BCUT2D eigenvalue weighted by molar-refractivity contribution is 6.08. The summed E-state index contributed by atoms with van der Waals surface area (Å²) in [6.45, 7) is 3.19. The number of nitrogens with one attached hydrogen (secondary N) is 1. The number of carbonyl (C=O) groups is 2. The average molecular weight is 287 g/mol. The van der Waals surface area contributed by atoms with Crippen molar-refractivity contribution in [2.75, 3.05) is 5.32 Å². The van der Waals surface area contributed by atoms with Crippen LogP contribution < -0.4 is 5.32 Å². The maximum atomic E-state index is 13.9. The van der Waals surface area contributed by atoms with Crippen molar-refractivity contribution in [3.05, 3.63) is 64.5 Å². The minimum atomic E-state index is -1.15. The van der Waals surface area contributed by atoms with E-state index in [4.69, 9.17) is 0 Å². The Hall–Kier alpha value is -2.69.